The number of rotatable bonds is 10. The van der Waals surface area contributed by atoms with Crippen molar-refractivity contribution in [3.8, 4) is 11.5 Å². The van der Waals surface area contributed by atoms with Crippen LogP contribution in [0.1, 0.15) is 18.1 Å². The molecule has 0 aliphatic rings. The second-order valence-corrected chi connectivity index (χ2v) is 10.3. The third kappa shape index (κ3) is 6.55. The molecule has 0 fully saturated rings. The van der Waals surface area contributed by atoms with Crippen molar-refractivity contribution in [1.82, 2.24) is 4.83 Å². The van der Waals surface area contributed by atoms with Gasteiger partial charge in [-0.3, -0.25) is 10.1 Å². The molecule has 0 aliphatic carbocycles. The summed E-state index contributed by atoms with van der Waals surface area (Å²) in [4.78, 5) is 12.0. The van der Waals surface area contributed by atoms with Gasteiger partial charge in [0.25, 0.3) is 15.7 Å². The van der Waals surface area contributed by atoms with E-state index in [1.54, 1.807) is 19.1 Å². The van der Waals surface area contributed by atoms with Crippen molar-refractivity contribution in [2.45, 2.75) is 23.6 Å². The third-order valence-electron chi connectivity index (χ3n) is 4.52. The molecule has 0 saturated heterocycles. The van der Waals surface area contributed by atoms with Gasteiger partial charge in [-0.05, 0) is 61.9 Å². The molecule has 0 heterocycles. The van der Waals surface area contributed by atoms with Gasteiger partial charge in [-0.15, -0.1) is 0 Å². The Bertz CT molecular complexity index is 1450. The van der Waals surface area contributed by atoms with Crippen LogP contribution in [0.5, 0.6) is 11.5 Å². The lowest BCUT2D eigenvalue weighted by atomic mass is 10.2. The summed E-state index contributed by atoms with van der Waals surface area (Å²) in [5, 5.41) is 14.5. The first-order valence-electron chi connectivity index (χ1n) is 10.1. The zero-order valence-electron chi connectivity index (χ0n) is 18.6. The van der Waals surface area contributed by atoms with E-state index in [1.165, 1.54) is 36.5 Å². The molecule has 184 valence electrons. The van der Waals surface area contributed by atoms with Gasteiger partial charge >= 0.3 is 10.1 Å². The highest BCUT2D eigenvalue weighted by atomic mass is 32.2. The average molecular weight is 520 g/mol. The predicted octanol–water partition coefficient (Wildman–Crippen LogP) is 3.38. The van der Waals surface area contributed by atoms with E-state index in [1.807, 2.05) is 6.92 Å². The van der Waals surface area contributed by atoms with Crippen LogP contribution in [0.2, 0.25) is 0 Å². The third-order valence-corrected chi connectivity index (χ3v) is 7.01. The molecule has 0 aliphatic heterocycles. The van der Waals surface area contributed by atoms with Crippen LogP contribution in [0.3, 0.4) is 0 Å². The maximum Gasteiger partial charge on any atom is 0.339 e. The van der Waals surface area contributed by atoms with E-state index >= 15 is 0 Å². The maximum absolute atomic E-state index is 12.6. The van der Waals surface area contributed by atoms with Crippen LogP contribution in [0.25, 0.3) is 0 Å². The highest BCUT2D eigenvalue weighted by Gasteiger charge is 2.21. The van der Waals surface area contributed by atoms with Crippen molar-refractivity contribution in [3.05, 3.63) is 88.0 Å². The molecule has 0 saturated carbocycles. The molecule has 0 spiro atoms. The van der Waals surface area contributed by atoms with Crippen LogP contribution in [0, 0.1) is 17.0 Å². The fraction of sp³-hybridized carbons (Fsp3) is 0.136. The van der Waals surface area contributed by atoms with E-state index in [4.69, 9.17) is 8.92 Å². The molecular formula is C22H21N3O8S2. The minimum atomic E-state index is -4.31. The number of nitrogens with one attached hydrogen (secondary N) is 1. The van der Waals surface area contributed by atoms with E-state index in [2.05, 4.69) is 9.93 Å². The number of hydrazone groups is 1. The minimum absolute atomic E-state index is 0.0513. The summed E-state index contributed by atoms with van der Waals surface area (Å²) in [5.74, 6) is -0.0501. The van der Waals surface area contributed by atoms with Crippen LogP contribution >= 0.6 is 0 Å². The van der Waals surface area contributed by atoms with Gasteiger partial charge in [-0.2, -0.15) is 21.9 Å². The van der Waals surface area contributed by atoms with Gasteiger partial charge in [0.2, 0.25) is 0 Å². The predicted molar refractivity (Wildman–Crippen MR) is 128 cm³/mol. The fourth-order valence-electron chi connectivity index (χ4n) is 2.78. The Labute approximate surface area is 202 Å². The molecule has 0 bridgehead atoms. The number of sulfonamides is 1. The summed E-state index contributed by atoms with van der Waals surface area (Å²) in [5.41, 5.74) is 1.05. The monoisotopic (exact) mass is 519 g/mol. The van der Waals surface area contributed by atoms with Gasteiger partial charge in [-0.25, -0.2) is 4.83 Å². The number of nitro groups is 1. The standard InChI is InChI=1S/C22H21N3O8S2/c1-3-32-22-14-17(15-23-24-34(28,29)19-9-4-16(2)5-10-19)6-13-21(22)33-35(30,31)20-11-7-18(8-12-20)25(26)27/h4-15,24H,3H2,1-2H3/b23-15+. The molecule has 3 rings (SSSR count). The SMILES string of the molecule is CCOc1cc(/C=N/NS(=O)(=O)c2ccc(C)cc2)ccc1OS(=O)(=O)c1ccc([N+](=O)[O-])cc1. The van der Waals surface area contributed by atoms with Crippen molar-refractivity contribution < 1.29 is 30.7 Å². The van der Waals surface area contributed by atoms with Crippen molar-refractivity contribution in [2.24, 2.45) is 5.10 Å². The number of hydrogen-bond acceptors (Lipinski definition) is 9. The normalized spacial score (nSPS) is 11.8. The Morgan fingerprint density at radius 1 is 0.943 bits per heavy atom. The van der Waals surface area contributed by atoms with E-state index in [0.29, 0.717) is 5.56 Å². The fourth-order valence-corrected chi connectivity index (χ4v) is 4.51. The minimum Gasteiger partial charge on any atom is -0.490 e. The molecular weight excluding hydrogens is 498 g/mol. The summed E-state index contributed by atoms with van der Waals surface area (Å²) < 4.78 is 60.5. The molecule has 0 atom stereocenters. The van der Waals surface area contributed by atoms with E-state index < -0.39 is 25.1 Å². The lowest BCUT2D eigenvalue weighted by Crippen LogP contribution is -2.18. The van der Waals surface area contributed by atoms with Crippen molar-refractivity contribution in [3.63, 3.8) is 0 Å². The smallest absolute Gasteiger partial charge is 0.339 e. The largest absolute Gasteiger partial charge is 0.490 e. The van der Waals surface area contributed by atoms with E-state index in [9.17, 15) is 26.9 Å². The number of aryl methyl sites for hydroxylation is 1. The van der Waals surface area contributed by atoms with Crippen LogP contribution in [-0.4, -0.2) is 34.6 Å². The number of benzene rings is 3. The van der Waals surface area contributed by atoms with Gasteiger partial charge in [0.05, 0.1) is 22.6 Å². The molecule has 13 heteroatoms. The number of nitrogens with zero attached hydrogens (tertiary/aromatic N) is 2. The molecule has 0 amide bonds. The molecule has 0 unspecified atom stereocenters. The summed E-state index contributed by atoms with van der Waals surface area (Å²) in [6.45, 7) is 3.71. The molecule has 11 nitrogen and oxygen atoms in total. The Morgan fingerprint density at radius 2 is 1.57 bits per heavy atom. The van der Waals surface area contributed by atoms with Gasteiger partial charge in [0.1, 0.15) is 4.90 Å². The van der Waals surface area contributed by atoms with Gasteiger partial charge in [0, 0.05) is 12.1 Å². The maximum atomic E-state index is 12.6. The zero-order valence-corrected chi connectivity index (χ0v) is 20.2. The highest BCUT2D eigenvalue weighted by molar-refractivity contribution is 7.89. The quantitative estimate of drug-likeness (QED) is 0.185. The Morgan fingerprint density at radius 3 is 2.17 bits per heavy atom. The average Bonchev–Trinajstić information content (AvgIpc) is 2.81. The summed E-state index contributed by atoms with van der Waals surface area (Å²) in [7, 11) is -8.17. The molecule has 3 aromatic rings. The summed E-state index contributed by atoms with van der Waals surface area (Å²) in [6.07, 6.45) is 1.23. The van der Waals surface area contributed by atoms with E-state index in [-0.39, 0.29) is 33.6 Å². The second kappa shape index (κ2) is 10.5. The van der Waals surface area contributed by atoms with Crippen LogP contribution in [0.15, 0.2) is 81.6 Å². The first kappa shape index (κ1) is 25.6. The summed E-state index contributed by atoms with van der Waals surface area (Å²) in [6, 6.07) is 14.7. The molecule has 35 heavy (non-hydrogen) atoms. The molecule has 0 aromatic heterocycles. The first-order valence-corrected chi connectivity index (χ1v) is 13.0. The highest BCUT2D eigenvalue weighted by Crippen LogP contribution is 2.31. The van der Waals surface area contributed by atoms with Gasteiger partial charge in [0.15, 0.2) is 11.5 Å². The zero-order chi connectivity index (χ0) is 25.6. The molecule has 1 N–H and O–H groups in total. The van der Waals surface area contributed by atoms with Crippen molar-refractivity contribution in [2.75, 3.05) is 6.61 Å². The van der Waals surface area contributed by atoms with Gasteiger partial charge in [-0.1, -0.05) is 17.7 Å². The molecule has 3 aromatic carbocycles. The topological polar surface area (TPSA) is 154 Å². The van der Waals surface area contributed by atoms with Crippen LogP contribution in [-0.2, 0) is 20.1 Å². The lowest BCUT2D eigenvalue weighted by molar-refractivity contribution is -0.384. The second-order valence-electron chi connectivity index (χ2n) is 7.09. The number of hydrogen-bond donors (Lipinski definition) is 1. The van der Waals surface area contributed by atoms with Crippen molar-refractivity contribution in [1.29, 1.82) is 0 Å². The van der Waals surface area contributed by atoms with Crippen molar-refractivity contribution >= 4 is 32.0 Å². The van der Waals surface area contributed by atoms with E-state index in [0.717, 1.165) is 29.8 Å². The Kier molecular flexibility index (Phi) is 7.71. The lowest BCUT2D eigenvalue weighted by Gasteiger charge is -2.12. The number of ether oxygens (including phenoxy) is 1. The number of nitro benzene ring substituents is 1. The first-order chi connectivity index (χ1) is 16.5. The van der Waals surface area contributed by atoms with Crippen LogP contribution in [0.4, 0.5) is 5.69 Å². The molecule has 0 radical (unpaired) electrons. The number of non-ortho nitro benzene ring substituents is 1. The Hall–Kier alpha value is -3.97. The van der Waals surface area contributed by atoms with Gasteiger partial charge < -0.3 is 8.92 Å². The van der Waals surface area contributed by atoms with Crippen LogP contribution < -0.4 is 13.8 Å². The Balaban J connectivity index is 1.79. The summed E-state index contributed by atoms with van der Waals surface area (Å²) >= 11 is 0.